The number of hydrogen-bond acceptors (Lipinski definition) is 4. The number of aromatic nitrogens is 1. The van der Waals surface area contributed by atoms with E-state index in [0.29, 0.717) is 5.56 Å². The van der Waals surface area contributed by atoms with Crippen molar-refractivity contribution in [2.45, 2.75) is 13.0 Å². The number of ether oxygens (including phenoxy) is 1. The molecule has 0 saturated heterocycles. The van der Waals surface area contributed by atoms with Crippen molar-refractivity contribution < 1.29 is 23.8 Å². The van der Waals surface area contributed by atoms with Crippen molar-refractivity contribution >= 4 is 35.1 Å². The molecule has 2 N–H and O–H groups in total. The molecule has 9 heteroatoms. The number of nitrogens with one attached hydrogen (secondary N) is 1. The molecule has 0 unspecified atom stereocenters. The van der Waals surface area contributed by atoms with Crippen molar-refractivity contribution in [3.05, 3.63) is 87.3 Å². The Morgan fingerprint density at radius 2 is 1.87 bits per heavy atom. The van der Waals surface area contributed by atoms with Crippen LogP contribution in [0.2, 0.25) is 10.0 Å². The zero-order chi connectivity index (χ0) is 21.8. The lowest BCUT2D eigenvalue weighted by Gasteiger charge is -2.17. The van der Waals surface area contributed by atoms with Gasteiger partial charge in [-0.2, -0.15) is 0 Å². The van der Waals surface area contributed by atoms with E-state index in [1.165, 1.54) is 36.5 Å². The molecule has 0 saturated carbocycles. The predicted octanol–water partition coefficient (Wildman–Crippen LogP) is 5.51. The topological polar surface area (TPSA) is 88.5 Å². The minimum atomic E-state index is -1.11. The molecule has 3 rings (SSSR count). The maximum atomic E-state index is 14.2. The first-order valence-corrected chi connectivity index (χ1v) is 9.44. The zero-order valence-electron chi connectivity index (χ0n) is 15.5. The number of carbonyl (C=O) groups excluding carboxylic acids is 1. The Morgan fingerprint density at radius 3 is 2.60 bits per heavy atom. The van der Waals surface area contributed by atoms with Gasteiger partial charge in [0.15, 0.2) is 11.6 Å². The summed E-state index contributed by atoms with van der Waals surface area (Å²) in [5, 5.41) is 12.1. The molecule has 154 valence electrons. The van der Waals surface area contributed by atoms with Crippen molar-refractivity contribution in [1.29, 1.82) is 0 Å². The smallest absolute Gasteiger partial charge is 0.336 e. The van der Waals surface area contributed by atoms with Crippen LogP contribution in [0.4, 0.5) is 4.39 Å². The summed E-state index contributed by atoms with van der Waals surface area (Å²) in [7, 11) is 0. The Hall–Kier alpha value is -3.16. The number of hydrogen-bond donors (Lipinski definition) is 2. The van der Waals surface area contributed by atoms with Crippen molar-refractivity contribution in [2.24, 2.45) is 0 Å². The van der Waals surface area contributed by atoms with Gasteiger partial charge in [0, 0.05) is 6.20 Å². The van der Waals surface area contributed by atoms with Crippen LogP contribution in [0.15, 0.2) is 54.7 Å². The fourth-order valence-corrected chi connectivity index (χ4v) is 3.08. The van der Waals surface area contributed by atoms with E-state index < -0.39 is 23.7 Å². The van der Waals surface area contributed by atoms with Gasteiger partial charge in [0.2, 0.25) is 5.88 Å². The number of carbonyl (C=O) groups is 2. The Bertz CT molecular complexity index is 1120. The van der Waals surface area contributed by atoms with Crippen LogP contribution in [0.25, 0.3) is 0 Å². The monoisotopic (exact) mass is 448 g/mol. The summed E-state index contributed by atoms with van der Waals surface area (Å²) in [6.45, 7) is 1.63. The molecule has 0 spiro atoms. The van der Waals surface area contributed by atoms with E-state index >= 15 is 0 Å². The third-order valence-electron chi connectivity index (χ3n) is 4.19. The number of aromatic carboxylic acids is 1. The van der Waals surface area contributed by atoms with Gasteiger partial charge < -0.3 is 15.2 Å². The van der Waals surface area contributed by atoms with Crippen LogP contribution in [-0.4, -0.2) is 22.0 Å². The number of carboxylic acids is 1. The predicted molar refractivity (Wildman–Crippen MR) is 110 cm³/mol. The standard InChI is InChI=1S/C21H15Cl2FN2O4/c1-11(13-5-2-3-6-14(13)21(28)29)26-19(27)15-9-12(22)10-25-20(15)30-17-8-4-7-16(23)18(17)24/h2-11H,1H3,(H,26,27)(H,28,29)/t11-/m0/s1. The van der Waals surface area contributed by atoms with Crippen molar-refractivity contribution in [2.75, 3.05) is 0 Å². The van der Waals surface area contributed by atoms with Crippen LogP contribution in [0.3, 0.4) is 0 Å². The van der Waals surface area contributed by atoms with Crippen LogP contribution in [-0.2, 0) is 0 Å². The summed E-state index contributed by atoms with van der Waals surface area (Å²) in [6, 6.07) is 11.1. The summed E-state index contributed by atoms with van der Waals surface area (Å²) >= 11 is 11.7. The van der Waals surface area contributed by atoms with Gasteiger partial charge in [0.05, 0.1) is 21.7 Å². The molecule has 0 aliphatic carbocycles. The SMILES string of the molecule is C[C@H](NC(=O)c1cc(Cl)cnc1Oc1cccc(Cl)c1F)c1ccccc1C(=O)O. The Morgan fingerprint density at radius 1 is 1.13 bits per heavy atom. The average molecular weight is 449 g/mol. The minimum absolute atomic E-state index is 0.0541. The molecule has 0 aliphatic heterocycles. The maximum absolute atomic E-state index is 14.2. The molecule has 0 fully saturated rings. The minimum Gasteiger partial charge on any atom is -0.478 e. The summed E-state index contributed by atoms with van der Waals surface area (Å²) in [5.41, 5.74) is 0.421. The highest BCUT2D eigenvalue weighted by Gasteiger charge is 2.22. The van der Waals surface area contributed by atoms with E-state index in [1.54, 1.807) is 25.1 Å². The van der Waals surface area contributed by atoms with Crippen LogP contribution in [0.1, 0.15) is 39.2 Å². The lowest BCUT2D eigenvalue weighted by Crippen LogP contribution is -2.28. The second kappa shape index (κ2) is 9.11. The molecule has 2 aromatic carbocycles. The number of nitrogens with zero attached hydrogens (tertiary/aromatic N) is 1. The van der Waals surface area contributed by atoms with E-state index in [0.717, 1.165) is 0 Å². The third-order valence-corrected chi connectivity index (χ3v) is 4.69. The number of carboxylic acid groups (broad SMARTS) is 1. The molecule has 1 amide bonds. The lowest BCUT2D eigenvalue weighted by atomic mass is 10.0. The number of rotatable bonds is 6. The highest BCUT2D eigenvalue weighted by atomic mass is 35.5. The van der Waals surface area contributed by atoms with Gasteiger partial charge in [0.1, 0.15) is 5.56 Å². The molecule has 3 aromatic rings. The Balaban J connectivity index is 1.90. The number of pyridine rings is 1. The first-order chi connectivity index (χ1) is 14.3. The molecule has 0 radical (unpaired) electrons. The fourth-order valence-electron chi connectivity index (χ4n) is 2.76. The summed E-state index contributed by atoms with van der Waals surface area (Å²) < 4.78 is 19.6. The van der Waals surface area contributed by atoms with Crippen molar-refractivity contribution in [1.82, 2.24) is 10.3 Å². The molecule has 1 atom stereocenters. The number of halogens is 3. The van der Waals surface area contributed by atoms with Crippen LogP contribution in [0, 0.1) is 5.82 Å². The van der Waals surface area contributed by atoms with Gasteiger partial charge in [0.25, 0.3) is 5.91 Å². The van der Waals surface area contributed by atoms with Gasteiger partial charge in [-0.25, -0.2) is 14.2 Å². The van der Waals surface area contributed by atoms with Gasteiger partial charge >= 0.3 is 5.97 Å². The third kappa shape index (κ3) is 4.69. The molecule has 1 aromatic heterocycles. The van der Waals surface area contributed by atoms with Crippen LogP contribution in [0.5, 0.6) is 11.6 Å². The zero-order valence-corrected chi connectivity index (χ0v) is 17.0. The highest BCUT2D eigenvalue weighted by molar-refractivity contribution is 6.31. The molecule has 0 bridgehead atoms. The van der Waals surface area contributed by atoms with Crippen LogP contribution >= 0.6 is 23.2 Å². The molecule has 1 heterocycles. The van der Waals surface area contributed by atoms with Crippen molar-refractivity contribution in [3.63, 3.8) is 0 Å². The average Bonchev–Trinajstić information content (AvgIpc) is 2.72. The van der Waals surface area contributed by atoms with E-state index in [2.05, 4.69) is 10.3 Å². The quantitative estimate of drug-likeness (QED) is 0.518. The summed E-state index contributed by atoms with van der Waals surface area (Å²) in [6.07, 6.45) is 1.25. The molecule has 0 aliphatic rings. The highest BCUT2D eigenvalue weighted by Crippen LogP contribution is 2.31. The molecule has 30 heavy (non-hydrogen) atoms. The maximum Gasteiger partial charge on any atom is 0.336 e. The number of amides is 1. The normalized spacial score (nSPS) is 11.6. The Kier molecular flexibility index (Phi) is 6.54. The van der Waals surface area contributed by atoms with E-state index in [1.807, 2.05) is 0 Å². The van der Waals surface area contributed by atoms with E-state index in [-0.39, 0.29) is 32.8 Å². The summed E-state index contributed by atoms with van der Waals surface area (Å²) in [5.74, 6) is -2.94. The Labute approximate surface area is 181 Å². The van der Waals surface area contributed by atoms with Gasteiger partial charge in [-0.3, -0.25) is 4.79 Å². The molecular weight excluding hydrogens is 434 g/mol. The largest absolute Gasteiger partial charge is 0.478 e. The van der Waals surface area contributed by atoms with E-state index in [9.17, 15) is 19.1 Å². The van der Waals surface area contributed by atoms with Gasteiger partial charge in [-0.05, 0) is 36.8 Å². The van der Waals surface area contributed by atoms with E-state index in [4.69, 9.17) is 27.9 Å². The van der Waals surface area contributed by atoms with Crippen molar-refractivity contribution in [3.8, 4) is 11.6 Å². The second-order valence-corrected chi connectivity index (χ2v) is 7.09. The second-order valence-electron chi connectivity index (χ2n) is 6.25. The number of benzene rings is 2. The first kappa shape index (κ1) is 21.5. The molecular formula is C21H15Cl2FN2O4. The summed E-state index contributed by atoms with van der Waals surface area (Å²) in [4.78, 5) is 28.3. The fraction of sp³-hybridized carbons (Fsp3) is 0.0952. The first-order valence-electron chi connectivity index (χ1n) is 8.68. The van der Waals surface area contributed by atoms with Gasteiger partial charge in [-0.15, -0.1) is 0 Å². The lowest BCUT2D eigenvalue weighted by molar-refractivity contribution is 0.0693. The van der Waals surface area contributed by atoms with Crippen LogP contribution < -0.4 is 10.1 Å². The molecule has 6 nitrogen and oxygen atoms in total. The van der Waals surface area contributed by atoms with Gasteiger partial charge in [-0.1, -0.05) is 47.5 Å².